The van der Waals surface area contributed by atoms with Gasteiger partial charge in [-0.25, -0.2) is 0 Å². The third-order valence-corrected chi connectivity index (χ3v) is 2.64. The fraction of sp³-hybridized carbons (Fsp3) is 0.538. The van der Waals surface area contributed by atoms with Crippen LogP contribution in [0.5, 0.6) is 0 Å². The Labute approximate surface area is 87.3 Å². The van der Waals surface area contributed by atoms with Gasteiger partial charge in [-0.15, -0.1) is 0 Å². The van der Waals surface area contributed by atoms with Crippen LogP contribution in [0.2, 0.25) is 0 Å². The molecule has 1 aromatic rings. The van der Waals surface area contributed by atoms with E-state index >= 15 is 0 Å². The van der Waals surface area contributed by atoms with Crippen LogP contribution in [-0.4, -0.2) is 6.54 Å². The van der Waals surface area contributed by atoms with Crippen molar-refractivity contribution in [1.82, 2.24) is 0 Å². The Kier molecular flexibility index (Phi) is 4.68. The summed E-state index contributed by atoms with van der Waals surface area (Å²) in [6, 6.07) is 8.87. The molecule has 0 fully saturated rings. The topological polar surface area (TPSA) is 26.0 Å². The van der Waals surface area contributed by atoms with E-state index in [1.54, 1.807) is 0 Å². The predicted molar refractivity (Wildman–Crippen MR) is 62.4 cm³/mol. The van der Waals surface area contributed by atoms with E-state index < -0.39 is 0 Å². The second-order valence-electron chi connectivity index (χ2n) is 4.06. The van der Waals surface area contributed by atoms with Gasteiger partial charge >= 0.3 is 0 Å². The first kappa shape index (κ1) is 11.3. The molecule has 0 aliphatic carbocycles. The minimum absolute atomic E-state index is 0.701. The molecule has 0 aliphatic rings. The molecule has 1 nitrogen and oxygen atoms in total. The lowest BCUT2D eigenvalue weighted by Crippen LogP contribution is -2.08. The van der Waals surface area contributed by atoms with Gasteiger partial charge in [0.2, 0.25) is 0 Å². The highest BCUT2D eigenvalue weighted by molar-refractivity contribution is 5.23. The van der Waals surface area contributed by atoms with Gasteiger partial charge in [0.25, 0.3) is 0 Å². The lowest BCUT2D eigenvalue weighted by atomic mass is 9.96. The quantitative estimate of drug-likeness (QED) is 0.761. The van der Waals surface area contributed by atoms with E-state index in [0.29, 0.717) is 5.92 Å². The van der Waals surface area contributed by atoms with Crippen LogP contribution in [0.15, 0.2) is 24.3 Å². The van der Waals surface area contributed by atoms with Gasteiger partial charge in [-0.05, 0) is 42.9 Å². The van der Waals surface area contributed by atoms with Crippen molar-refractivity contribution in [1.29, 1.82) is 0 Å². The first-order chi connectivity index (χ1) is 6.76. The van der Waals surface area contributed by atoms with E-state index in [4.69, 9.17) is 5.73 Å². The van der Waals surface area contributed by atoms with Crippen molar-refractivity contribution in [2.45, 2.75) is 33.1 Å². The van der Waals surface area contributed by atoms with Crippen molar-refractivity contribution < 1.29 is 0 Å². The highest BCUT2D eigenvalue weighted by atomic mass is 14.5. The first-order valence-corrected chi connectivity index (χ1v) is 5.54. The largest absolute Gasteiger partial charge is 0.330 e. The third kappa shape index (κ3) is 3.51. The Balaban J connectivity index is 2.57. The minimum atomic E-state index is 0.701. The van der Waals surface area contributed by atoms with Gasteiger partial charge in [-0.2, -0.15) is 0 Å². The normalized spacial score (nSPS) is 12.8. The fourth-order valence-corrected chi connectivity index (χ4v) is 1.77. The number of rotatable bonds is 5. The number of aryl methyl sites for hydroxylation is 1. The molecule has 1 unspecified atom stereocenters. The Hall–Kier alpha value is -0.820. The first-order valence-electron chi connectivity index (χ1n) is 5.54. The van der Waals surface area contributed by atoms with Gasteiger partial charge in [-0.3, -0.25) is 0 Å². The summed E-state index contributed by atoms with van der Waals surface area (Å²) in [5, 5.41) is 0. The maximum Gasteiger partial charge on any atom is -0.00746 e. The zero-order valence-corrected chi connectivity index (χ0v) is 9.29. The molecule has 0 aliphatic heterocycles. The lowest BCUT2D eigenvalue weighted by Gasteiger charge is -2.10. The van der Waals surface area contributed by atoms with Gasteiger partial charge in [0.05, 0.1) is 0 Å². The van der Waals surface area contributed by atoms with Crippen LogP contribution >= 0.6 is 0 Å². The van der Waals surface area contributed by atoms with Crippen LogP contribution in [0.25, 0.3) is 0 Å². The van der Waals surface area contributed by atoms with Crippen molar-refractivity contribution in [3.8, 4) is 0 Å². The third-order valence-electron chi connectivity index (χ3n) is 2.64. The molecular formula is C13H21N. The predicted octanol–water partition coefficient (Wildman–Crippen LogP) is 2.78. The molecule has 0 amide bonds. The van der Waals surface area contributed by atoms with Crippen LogP contribution in [-0.2, 0) is 12.8 Å². The van der Waals surface area contributed by atoms with Crippen molar-refractivity contribution >= 4 is 0 Å². The fourth-order valence-electron chi connectivity index (χ4n) is 1.77. The lowest BCUT2D eigenvalue weighted by molar-refractivity contribution is 0.538. The van der Waals surface area contributed by atoms with E-state index in [9.17, 15) is 0 Å². The molecule has 1 rings (SSSR count). The van der Waals surface area contributed by atoms with Crippen LogP contribution in [0.3, 0.4) is 0 Å². The van der Waals surface area contributed by atoms with Gasteiger partial charge < -0.3 is 5.73 Å². The van der Waals surface area contributed by atoms with E-state index in [0.717, 1.165) is 25.8 Å². The standard InChI is InChI=1S/C13H21N/c1-3-12-5-4-6-13(10-12)9-11(2)7-8-14/h4-6,10-11H,3,7-9,14H2,1-2H3. The molecule has 0 saturated heterocycles. The summed E-state index contributed by atoms with van der Waals surface area (Å²) in [7, 11) is 0. The van der Waals surface area contributed by atoms with Crippen molar-refractivity contribution in [2.24, 2.45) is 11.7 Å². The van der Waals surface area contributed by atoms with Crippen LogP contribution in [0.4, 0.5) is 0 Å². The molecule has 1 atom stereocenters. The molecule has 0 bridgehead atoms. The molecule has 0 radical (unpaired) electrons. The van der Waals surface area contributed by atoms with Gasteiger partial charge in [0.1, 0.15) is 0 Å². The molecule has 14 heavy (non-hydrogen) atoms. The molecule has 2 N–H and O–H groups in total. The molecule has 1 aromatic carbocycles. The van der Waals surface area contributed by atoms with Crippen molar-refractivity contribution in [2.75, 3.05) is 6.54 Å². The summed E-state index contributed by atoms with van der Waals surface area (Å²) in [5.41, 5.74) is 8.42. The second-order valence-corrected chi connectivity index (χ2v) is 4.06. The Morgan fingerprint density at radius 2 is 2.00 bits per heavy atom. The van der Waals surface area contributed by atoms with E-state index in [1.807, 2.05) is 0 Å². The number of hydrogen-bond donors (Lipinski definition) is 1. The minimum Gasteiger partial charge on any atom is -0.330 e. The molecule has 0 spiro atoms. The van der Waals surface area contributed by atoms with E-state index in [-0.39, 0.29) is 0 Å². The summed E-state index contributed by atoms with van der Waals surface area (Å²) in [4.78, 5) is 0. The number of nitrogens with two attached hydrogens (primary N) is 1. The van der Waals surface area contributed by atoms with Gasteiger partial charge in [0.15, 0.2) is 0 Å². The Bertz CT molecular complexity index is 268. The van der Waals surface area contributed by atoms with Crippen LogP contribution in [0, 0.1) is 5.92 Å². The maximum atomic E-state index is 5.54. The number of hydrogen-bond acceptors (Lipinski definition) is 1. The van der Waals surface area contributed by atoms with Gasteiger partial charge in [-0.1, -0.05) is 38.1 Å². The molecular weight excluding hydrogens is 170 g/mol. The summed E-state index contributed by atoms with van der Waals surface area (Å²) in [6.07, 6.45) is 3.40. The van der Waals surface area contributed by atoms with E-state index in [1.165, 1.54) is 11.1 Å². The average molecular weight is 191 g/mol. The molecule has 1 heteroatoms. The zero-order valence-electron chi connectivity index (χ0n) is 9.29. The van der Waals surface area contributed by atoms with Crippen molar-refractivity contribution in [3.05, 3.63) is 35.4 Å². The summed E-state index contributed by atoms with van der Waals surface area (Å²) >= 11 is 0. The molecule has 0 aromatic heterocycles. The molecule has 0 heterocycles. The van der Waals surface area contributed by atoms with Crippen molar-refractivity contribution in [3.63, 3.8) is 0 Å². The summed E-state index contributed by atoms with van der Waals surface area (Å²) in [5.74, 6) is 0.701. The monoisotopic (exact) mass is 191 g/mol. The van der Waals surface area contributed by atoms with E-state index in [2.05, 4.69) is 38.1 Å². The second kappa shape index (κ2) is 5.82. The smallest absolute Gasteiger partial charge is 0.00746 e. The Morgan fingerprint density at radius 1 is 1.29 bits per heavy atom. The Morgan fingerprint density at radius 3 is 2.64 bits per heavy atom. The van der Waals surface area contributed by atoms with Gasteiger partial charge in [0, 0.05) is 0 Å². The maximum absolute atomic E-state index is 5.54. The molecule has 0 saturated carbocycles. The van der Waals surface area contributed by atoms with Crippen LogP contribution < -0.4 is 5.73 Å². The number of benzene rings is 1. The van der Waals surface area contributed by atoms with Crippen LogP contribution in [0.1, 0.15) is 31.4 Å². The summed E-state index contributed by atoms with van der Waals surface area (Å²) < 4.78 is 0. The molecule has 78 valence electrons. The zero-order chi connectivity index (χ0) is 10.4. The highest BCUT2D eigenvalue weighted by Gasteiger charge is 2.02. The SMILES string of the molecule is CCc1cccc(CC(C)CCN)c1. The highest BCUT2D eigenvalue weighted by Crippen LogP contribution is 2.13. The average Bonchev–Trinajstić information content (AvgIpc) is 2.18. The summed E-state index contributed by atoms with van der Waals surface area (Å²) in [6.45, 7) is 5.27.